The summed E-state index contributed by atoms with van der Waals surface area (Å²) in [4.78, 5) is 12.2. The number of carbonyl (C=O) groups excluding carboxylic acids is 1. The lowest BCUT2D eigenvalue weighted by Gasteiger charge is -2.21. The number of aliphatic hydroxyl groups is 1. The van der Waals surface area contributed by atoms with Crippen molar-refractivity contribution in [1.29, 1.82) is 0 Å². The van der Waals surface area contributed by atoms with E-state index >= 15 is 0 Å². The smallest absolute Gasteiger partial charge is 0.272 e. The van der Waals surface area contributed by atoms with Gasteiger partial charge in [0.05, 0.1) is 11.1 Å². The Bertz CT molecular complexity index is 642. The summed E-state index contributed by atoms with van der Waals surface area (Å²) in [6, 6.07) is 5.83. The summed E-state index contributed by atoms with van der Waals surface area (Å²) < 4.78 is 0. The molecule has 1 fully saturated rings. The number of rotatable bonds is 3. The molecule has 5 heteroatoms. The molecule has 1 aliphatic carbocycles. The normalized spacial score (nSPS) is 17.5. The highest BCUT2D eigenvalue weighted by Crippen LogP contribution is 2.28. The Morgan fingerprint density at radius 2 is 2.20 bits per heavy atom. The third-order valence-corrected chi connectivity index (χ3v) is 4.05. The molecule has 3 N–H and O–H groups in total. The van der Waals surface area contributed by atoms with E-state index in [1.54, 1.807) is 0 Å². The van der Waals surface area contributed by atoms with Gasteiger partial charge >= 0.3 is 0 Å². The quantitative estimate of drug-likeness (QED) is 0.799. The number of hydrogen-bond donors (Lipinski definition) is 3. The molecule has 0 spiro atoms. The lowest BCUT2D eigenvalue weighted by Crippen LogP contribution is -2.40. The van der Waals surface area contributed by atoms with Crippen molar-refractivity contribution in [1.82, 2.24) is 15.5 Å². The minimum absolute atomic E-state index is 0.234. The second-order valence-electron chi connectivity index (χ2n) is 5.74. The Labute approximate surface area is 117 Å². The van der Waals surface area contributed by atoms with Crippen LogP contribution in [0.25, 0.3) is 10.9 Å². The number of aromatic nitrogens is 2. The Balaban J connectivity index is 1.77. The molecule has 3 rings (SSSR count). The first-order valence-electron chi connectivity index (χ1n) is 7.03. The maximum atomic E-state index is 12.2. The molecule has 1 heterocycles. The Kier molecular flexibility index (Phi) is 3.22. The van der Waals surface area contributed by atoms with Crippen molar-refractivity contribution in [3.05, 3.63) is 29.5 Å². The number of nitrogens with zero attached hydrogens (tertiary/aromatic N) is 1. The molecule has 2 aromatic rings. The summed E-state index contributed by atoms with van der Waals surface area (Å²) in [6.07, 6.45) is 3.56. The zero-order chi connectivity index (χ0) is 14.2. The van der Waals surface area contributed by atoms with Crippen molar-refractivity contribution < 1.29 is 9.90 Å². The van der Waals surface area contributed by atoms with Crippen LogP contribution >= 0.6 is 0 Å². The summed E-state index contributed by atoms with van der Waals surface area (Å²) in [7, 11) is 0. The van der Waals surface area contributed by atoms with Crippen molar-refractivity contribution in [3.8, 4) is 0 Å². The van der Waals surface area contributed by atoms with Crippen LogP contribution in [-0.4, -0.2) is 33.4 Å². The fourth-order valence-corrected chi connectivity index (χ4v) is 2.84. The number of aryl methyl sites for hydroxylation is 1. The van der Waals surface area contributed by atoms with Crippen LogP contribution in [0.1, 0.15) is 41.7 Å². The van der Waals surface area contributed by atoms with Crippen LogP contribution in [0.3, 0.4) is 0 Å². The largest absolute Gasteiger partial charge is 0.388 e. The van der Waals surface area contributed by atoms with E-state index in [0.717, 1.165) is 42.1 Å². The van der Waals surface area contributed by atoms with Crippen molar-refractivity contribution in [3.63, 3.8) is 0 Å². The van der Waals surface area contributed by atoms with Crippen molar-refractivity contribution in [2.45, 2.75) is 38.2 Å². The number of H-pyrrole nitrogens is 1. The molecule has 0 saturated heterocycles. The van der Waals surface area contributed by atoms with E-state index in [0.29, 0.717) is 12.2 Å². The number of hydrogen-bond acceptors (Lipinski definition) is 3. The average molecular weight is 273 g/mol. The molecule has 106 valence electrons. The minimum Gasteiger partial charge on any atom is -0.388 e. The first kappa shape index (κ1) is 13.1. The van der Waals surface area contributed by atoms with Crippen molar-refractivity contribution >= 4 is 16.8 Å². The van der Waals surface area contributed by atoms with Crippen molar-refractivity contribution in [2.75, 3.05) is 6.54 Å². The Morgan fingerprint density at radius 3 is 2.95 bits per heavy atom. The third kappa shape index (κ3) is 2.41. The number of benzene rings is 1. The molecule has 5 nitrogen and oxygen atoms in total. The van der Waals surface area contributed by atoms with Crippen LogP contribution in [0.2, 0.25) is 0 Å². The van der Waals surface area contributed by atoms with E-state index in [1.165, 1.54) is 0 Å². The van der Waals surface area contributed by atoms with Gasteiger partial charge in [-0.2, -0.15) is 5.10 Å². The van der Waals surface area contributed by atoms with Gasteiger partial charge in [-0.1, -0.05) is 24.5 Å². The molecule has 0 radical (unpaired) electrons. The van der Waals surface area contributed by atoms with E-state index in [1.807, 2.05) is 25.1 Å². The predicted octanol–water partition coefficient (Wildman–Crippen LogP) is 1.91. The van der Waals surface area contributed by atoms with Gasteiger partial charge in [-0.15, -0.1) is 0 Å². The monoisotopic (exact) mass is 273 g/mol. The van der Waals surface area contributed by atoms with Gasteiger partial charge in [-0.3, -0.25) is 9.89 Å². The molecule has 0 bridgehead atoms. The van der Waals surface area contributed by atoms with Gasteiger partial charge in [0, 0.05) is 11.9 Å². The summed E-state index contributed by atoms with van der Waals surface area (Å²) in [5.74, 6) is -0.234. The van der Waals surface area contributed by atoms with Crippen LogP contribution in [-0.2, 0) is 0 Å². The fourth-order valence-electron chi connectivity index (χ4n) is 2.84. The number of fused-ring (bicyclic) bond motifs is 1. The SMILES string of the molecule is Cc1ccc2[nH]nc(C(=O)NCC3(O)CCCC3)c2c1. The molecule has 0 unspecified atom stereocenters. The number of carbonyl (C=O) groups is 1. The van der Waals surface area contributed by atoms with Gasteiger partial charge in [-0.25, -0.2) is 0 Å². The van der Waals surface area contributed by atoms with E-state index < -0.39 is 5.60 Å². The van der Waals surface area contributed by atoms with E-state index in [2.05, 4.69) is 15.5 Å². The third-order valence-electron chi connectivity index (χ3n) is 4.05. The van der Waals surface area contributed by atoms with Crippen LogP contribution in [0, 0.1) is 6.92 Å². The minimum atomic E-state index is -0.738. The van der Waals surface area contributed by atoms with Crippen LogP contribution in [0.4, 0.5) is 0 Å². The van der Waals surface area contributed by atoms with Gasteiger partial charge in [0.15, 0.2) is 5.69 Å². The first-order chi connectivity index (χ1) is 9.57. The van der Waals surface area contributed by atoms with E-state index in [9.17, 15) is 9.90 Å². The van der Waals surface area contributed by atoms with Crippen LogP contribution in [0.5, 0.6) is 0 Å². The Hall–Kier alpha value is -1.88. The molecular formula is C15H19N3O2. The maximum absolute atomic E-state index is 12.2. The highest BCUT2D eigenvalue weighted by Gasteiger charge is 2.31. The summed E-state index contributed by atoms with van der Waals surface area (Å²) in [5, 5.41) is 20.8. The second-order valence-corrected chi connectivity index (χ2v) is 5.74. The Morgan fingerprint density at radius 1 is 1.45 bits per heavy atom. The van der Waals surface area contributed by atoms with Gasteiger partial charge in [-0.05, 0) is 31.9 Å². The molecule has 1 aromatic heterocycles. The molecule has 20 heavy (non-hydrogen) atoms. The van der Waals surface area contributed by atoms with Crippen LogP contribution in [0.15, 0.2) is 18.2 Å². The number of nitrogens with one attached hydrogen (secondary N) is 2. The second kappa shape index (κ2) is 4.90. The fraction of sp³-hybridized carbons (Fsp3) is 0.467. The predicted molar refractivity (Wildman–Crippen MR) is 76.6 cm³/mol. The molecule has 0 aliphatic heterocycles. The lowest BCUT2D eigenvalue weighted by atomic mass is 10.0. The first-order valence-corrected chi connectivity index (χ1v) is 7.03. The molecule has 1 saturated carbocycles. The van der Waals surface area contributed by atoms with E-state index in [-0.39, 0.29) is 5.91 Å². The van der Waals surface area contributed by atoms with Gasteiger partial charge in [0.2, 0.25) is 0 Å². The average Bonchev–Trinajstić information content (AvgIpc) is 3.03. The van der Waals surface area contributed by atoms with Crippen molar-refractivity contribution in [2.24, 2.45) is 0 Å². The molecule has 1 aromatic carbocycles. The standard InChI is InChI=1S/C15H19N3O2/c1-10-4-5-12-11(8-10)13(18-17-12)14(19)16-9-15(20)6-2-3-7-15/h4-5,8,20H,2-3,6-7,9H2,1H3,(H,16,19)(H,17,18). The van der Waals surface area contributed by atoms with Crippen LogP contribution < -0.4 is 5.32 Å². The lowest BCUT2D eigenvalue weighted by molar-refractivity contribution is 0.0449. The maximum Gasteiger partial charge on any atom is 0.272 e. The molecule has 0 atom stereocenters. The topological polar surface area (TPSA) is 78.0 Å². The highest BCUT2D eigenvalue weighted by molar-refractivity contribution is 6.04. The number of aromatic amines is 1. The molecular weight excluding hydrogens is 254 g/mol. The summed E-state index contributed by atoms with van der Waals surface area (Å²) in [6.45, 7) is 2.28. The summed E-state index contributed by atoms with van der Waals surface area (Å²) in [5.41, 5.74) is 1.59. The van der Waals surface area contributed by atoms with Gasteiger partial charge in [0.25, 0.3) is 5.91 Å². The van der Waals surface area contributed by atoms with E-state index in [4.69, 9.17) is 0 Å². The number of amides is 1. The molecule has 1 aliphatic rings. The zero-order valence-electron chi connectivity index (χ0n) is 11.6. The molecule has 1 amide bonds. The van der Waals surface area contributed by atoms with Gasteiger partial charge in [0.1, 0.15) is 0 Å². The summed E-state index contributed by atoms with van der Waals surface area (Å²) >= 11 is 0. The highest BCUT2D eigenvalue weighted by atomic mass is 16.3. The zero-order valence-corrected chi connectivity index (χ0v) is 11.6. The van der Waals surface area contributed by atoms with Gasteiger partial charge < -0.3 is 10.4 Å².